The highest BCUT2D eigenvalue weighted by molar-refractivity contribution is 7.47. The summed E-state index contributed by atoms with van der Waals surface area (Å²) in [6.07, 6.45) is 8.04. The molecule has 0 radical (unpaired) electrons. The second kappa shape index (κ2) is 39.0. The van der Waals surface area contributed by atoms with Gasteiger partial charge in [-0.05, 0) is 104 Å². The normalized spacial score (nSPS) is 15.7. The fraction of sp³-hybridized carbons (Fsp3) is 0.667. The van der Waals surface area contributed by atoms with Crippen molar-refractivity contribution in [1.29, 1.82) is 0 Å². The van der Waals surface area contributed by atoms with Gasteiger partial charge in [0.2, 0.25) is 11.8 Å². The predicted molar refractivity (Wildman–Crippen MR) is 270 cm³/mol. The topological polar surface area (TPSA) is 339 Å². The van der Waals surface area contributed by atoms with Crippen molar-refractivity contribution in [2.45, 2.75) is 142 Å². The van der Waals surface area contributed by atoms with Crippen LogP contribution in [0.2, 0.25) is 0 Å². The highest BCUT2D eigenvalue weighted by Crippen LogP contribution is 2.43. The first-order valence-corrected chi connectivity index (χ1v) is 27.6. The third kappa shape index (κ3) is 35.7. The SMILES string of the molecule is C/C=C\CCCC(=O)O[C@H](C)CC(=O)NC(COCC[C@@H](C)O)COP(=O)(O)OCCNC(=O)c1ccc(C(=O)NCCOP(=O)(O)OCC(COCC[C@@H](C)O)NC(=O)C[C@@H](C)OC(=O)CCC/C=C\C)cc1. The Morgan fingerprint density at radius 2 is 0.932 bits per heavy atom. The third-order valence-corrected chi connectivity index (χ3v) is 11.9. The van der Waals surface area contributed by atoms with Gasteiger partial charge in [0, 0.05) is 50.3 Å². The molecule has 0 aliphatic carbocycles. The van der Waals surface area contributed by atoms with E-state index in [4.69, 9.17) is 37.0 Å². The molecular weight excluding hydrogens is 1010 g/mol. The molecule has 1 aromatic rings. The van der Waals surface area contributed by atoms with Crippen molar-refractivity contribution in [3.05, 3.63) is 59.7 Å². The number of ether oxygens (including phenoxy) is 4. The average Bonchev–Trinajstić information content (AvgIpc) is 3.32. The van der Waals surface area contributed by atoms with Crippen molar-refractivity contribution < 1.29 is 94.9 Å². The van der Waals surface area contributed by atoms with Crippen LogP contribution in [0.15, 0.2) is 48.6 Å². The van der Waals surface area contributed by atoms with Crippen molar-refractivity contribution >= 4 is 51.2 Å². The lowest BCUT2D eigenvalue weighted by molar-refractivity contribution is -0.151. The second-order valence-corrected chi connectivity index (χ2v) is 20.1. The van der Waals surface area contributed by atoms with Gasteiger partial charge in [-0.2, -0.15) is 0 Å². The van der Waals surface area contributed by atoms with Crippen LogP contribution in [-0.4, -0.2) is 158 Å². The van der Waals surface area contributed by atoms with E-state index in [-0.39, 0.29) is 76.3 Å². The van der Waals surface area contributed by atoms with Crippen LogP contribution in [0.1, 0.15) is 126 Å². The molecule has 4 unspecified atom stereocenters. The van der Waals surface area contributed by atoms with E-state index < -0.39 is 114 Å². The molecule has 24 nitrogen and oxygen atoms in total. The molecule has 0 saturated carbocycles. The standard InChI is InChI=1S/C48H80N4O20P2/c1-7-9-11-13-15-45(57)71-37(5)29-43(55)51-41(31-65-25-21-35(3)53)33-69-73(61,62)67-27-23-49-47(59)39-17-19-40(20-18-39)48(60)50-24-28-68-74(63,64)70-34-42(32-66-26-22-36(4)54)52-44(56)30-38(6)72-46(58)16-14-12-10-8-2/h7-10,17-20,35-38,41-42,53-54H,11-16,21-34H2,1-6H3,(H,49,59)(H,50,60)(H,51,55)(H,52,56)(H,61,62)(H,63,64)/b9-7-,10-8-/t35-,36-,37-,38-,41?,42?/m1/s1. The van der Waals surface area contributed by atoms with Gasteiger partial charge in [-0.15, -0.1) is 0 Å². The molecule has 0 fully saturated rings. The molecule has 4 amide bonds. The zero-order valence-corrected chi connectivity index (χ0v) is 45.2. The Labute approximate surface area is 434 Å². The number of amides is 4. The average molecular weight is 1100 g/mol. The van der Waals surface area contributed by atoms with Gasteiger partial charge in [0.15, 0.2) is 0 Å². The number of hydrogen-bond acceptors (Lipinski definition) is 18. The van der Waals surface area contributed by atoms with Gasteiger partial charge in [-0.25, -0.2) is 9.13 Å². The maximum atomic E-state index is 12.8. The van der Waals surface area contributed by atoms with Crippen LogP contribution in [0.3, 0.4) is 0 Å². The minimum Gasteiger partial charge on any atom is -0.462 e. The molecule has 422 valence electrons. The Kier molecular flexibility index (Phi) is 35.7. The number of esters is 2. The molecule has 8 N–H and O–H groups in total. The van der Waals surface area contributed by atoms with Gasteiger partial charge in [0.05, 0.1) is 76.8 Å². The lowest BCUT2D eigenvalue weighted by Crippen LogP contribution is -2.42. The fourth-order valence-corrected chi connectivity index (χ4v) is 7.63. The van der Waals surface area contributed by atoms with Crippen molar-refractivity contribution in [1.82, 2.24) is 21.3 Å². The van der Waals surface area contributed by atoms with Crippen LogP contribution in [0, 0.1) is 0 Å². The fourth-order valence-electron chi connectivity index (χ4n) is 6.10. The third-order valence-electron chi connectivity index (χ3n) is 9.89. The summed E-state index contributed by atoms with van der Waals surface area (Å²) < 4.78 is 67.1. The number of phosphoric ester groups is 2. The number of rotatable bonds is 42. The molecule has 0 aliphatic rings. The molecule has 0 heterocycles. The zero-order chi connectivity index (χ0) is 55.4. The number of benzene rings is 1. The maximum Gasteiger partial charge on any atom is 0.472 e. The highest BCUT2D eigenvalue weighted by atomic mass is 31.2. The van der Waals surface area contributed by atoms with E-state index in [0.717, 1.165) is 12.8 Å². The number of carbonyl (C=O) groups is 6. The highest BCUT2D eigenvalue weighted by Gasteiger charge is 2.27. The summed E-state index contributed by atoms with van der Waals surface area (Å²) in [6, 6.07) is 3.51. The monoisotopic (exact) mass is 1090 g/mol. The summed E-state index contributed by atoms with van der Waals surface area (Å²) in [7, 11) is -9.42. The minimum atomic E-state index is -4.71. The van der Waals surface area contributed by atoms with Crippen LogP contribution in [0.25, 0.3) is 0 Å². The molecule has 0 aliphatic heterocycles. The number of aliphatic hydroxyl groups excluding tert-OH is 2. The predicted octanol–water partition coefficient (Wildman–Crippen LogP) is 4.09. The first-order chi connectivity index (χ1) is 35.0. The van der Waals surface area contributed by atoms with E-state index in [2.05, 4.69) is 21.3 Å². The molecule has 1 rings (SSSR count). The smallest absolute Gasteiger partial charge is 0.462 e. The van der Waals surface area contributed by atoms with E-state index >= 15 is 0 Å². The Bertz CT molecular complexity index is 1830. The van der Waals surface area contributed by atoms with Crippen molar-refractivity contribution in [3.63, 3.8) is 0 Å². The van der Waals surface area contributed by atoms with Crippen LogP contribution >= 0.6 is 15.6 Å². The second-order valence-electron chi connectivity index (χ2n) is 17.2. The van der Waals surface area contributed by atoms with Gasteiger partial charge in [-0.3, -0.25) is 46.9 Å². The molecule has 26 heteroatoms. The van der Waals surface area contributed by atoms with E-state index in [9.17, 15) is 57.9 Å². The van der Waals surface area contributed by atoms with Crippen molar-refractivity contribution in [2.75, 3.05) is 65.9 Å². The largest absolute Gasteiger partial charge is 0.472 e. The van der Waals surface area contributed by atoms with Crippen LogP contribution in [-0.2, 0) is 65.4 Å². The lowest BCUT2D eigenvalue weighted by Gasteiger charge is -2.22. The van der Waals surface area contributed by atoms with E-state index in [1.54, 1.807) is 27.7 Å². The van der Waals surface area contributed by atoms with Gasteiger partial charge in [0.25, 0.3) is 11.8 Å². The first kappa shape index (κ1) is 67.6. The molecule has 0 bridgehead atoms. The maximum absolute atomic E-state index is 12.8. The summed E-state index contributed by atoms with van der Waals surface area (Å²) in [5, 5.41) is 29.3. The Hall–Kier alpha value is -4.42. The molecule has 74 heavy (non-hydrogen) atoms. The number of unbranched alkanes of at least 4 members (excludes halogenated alkanes) is 2. The van der Waals surface area contributed by atoms with E-state index in [1.807, 2.05) is 38.2 Å². The molecule has 0 saturated heterocycles. The Balaban J connectivity index is 2.60. The van der Waals surface area contributed by atoms with Gasteiger partial charge >= 0.3 is 27.6 Å². The van der Waals surface area contributed by atoms with E-state index in [1.165, 1.54) is 24.3 Å². The number of phosphoric acid groups is 2. The van der Waals surface area contributed by atoms with Crippen LogP contribution in [0.5, 0.6) is 0 Å². The molecule has 8 atom stereocenters. The van der Waals surface area contributed by atoms with Crippen LogP contribution in [0.4, 0.5) is 0 Å². The summed E-state index contributed by atoms with van der Waals surface area (Å²) in [5.74, 6) is -3.19. The summed E-state index contributed by atoms with van der Waals surface area (Å²) >= 11 is 0. The molecule has 1 aromatic carbocycles. The number of nitrogens with one attached hydrogen (secondary N) is 4. The summed E-state index contributed by atoms with van der Waals surface area (Å²) in [5.41, 5.74) is 0.252. The first-order valence-electron chi connectivity index (χ1n) is 24.7. The number of allylic oxidation sites excluding steroid dienone is 4. The van der Waals surface area contributed by atoms with Gasteiger partial charge in [-0.1, -0.05) is 24.3 Å². The Morgan fingerprint density at radius 3 is 1.27 bits per heavy atom. The van der Waals surface area contributed by atoms with Crippen LogP contribution < -0.4 is 21.3 Å². The quantitative estimate of drug-likeness (QED) is 0.0198. The Morgan fingerprint density at radius 1 is 0.568 bits per heavy atom. The summed E-state index contributed by atoms with van der Waals surface area (Å²) in [6.45, 7) is 7.56. The molecule has 0 aromatic heterocycles. The van der Waals surface area contributed by atoms with Gasteiger partial charge < -0.3 is 60.2 Å². The molecule has 0 spiro atoms. The number of carbonyl (C=O) groups excluding carboxylic acids is 6. The zero-order valence-electron chi connectivity index (χ0n) is 43.4. The number of aliphatic hydroxyl groups is 2. The van der Waals surface area contributed by atoms with Crippen molar-refractivity contribution in [2.24, 2.45) is 0 Å². The summed E-state index contributed by atoms with van der Waals surface area (Å²) in [4.78, 5) is 95.8. The molecular formula is C48H80N4O20P2. The van der Waals surface area contributed by atoms with Crippen molar-refractivity contribution in [3.8, 4) is 0 Å². The lowest BCUT2D eigenvalue weighted by atomic mass is 10.1. The minimum absolute atomic E-state index is 0.123. The van der Waals surface area contributed by atoms with E-state index in [0.29, 0.717) is 25.7 Å². The number of hydrogen-bond donors (Lipinski definition) is 8. The van der Waals surface area contributed by atoms with Gasteiger partial charge in [0.1, 0.15) is 12.2 Å².